The van der Waals surface area contributed by atoms with Crippen LogP contribution >= 0.6 is 0 Å². The number of halogens is 1. The summed E-state index contributed by atoms with van der Waals surface area (Å²) in [6.07, 6.45) is 0. The highest BCUT2D eigenvalue weighted by Gasteiger charge is 2.33. The van der Waals surface area contributed by atoms with Crippen molar-refractivity contribution in [2.75, 3.05) is 26.4 Å². The second-order valence-corrected chi connectivity index (χ2v) is 3.73. The highest BCUT2D eigenvalue weighted by atomic mass is 19.1. The first-order valence-electron chi connectivity index (χ1n) is 4.96. The van der Waals surface area contributed by atoms with Crippen molar-refractivity contribution in [1.29, 1.82) is 0 Å². The summed E-state index contributed by atoms with van der Waals surface area (Å²) >= 11 is 0. The van der Waals surface area contributed by atoms with Crippen molar-refractivity contribution in [3.05, 3.63) is 35.6 Å². The number of aliphatic hydroxyl groups is 1. The van der Waals surface area contributed by atoms with Crippen LogP contribution in [0.4, 0.5) is 4.39 Å². The monoisotopic (exact) mass is 211 g/mol. The molecule has 0 bridgehead atoms. The third-order valence-corrected chi connectivity index (χ3v) is 2.71. The summed E-state index contributed by atoms with van der Waals surface area (Å²) < 4.78 is 18.4. The van der Waals surface area contributed by atoms with E-state index in [1.807, 2.05) is 0 Å². The van der Waals surface area contributed by atoms with Gasteiger partial charge in [0.15, 0.2) is 0 Å². The van der Waals surface area contributed by atoms with Gasteiger partial charge in [-0.05, 0) is 17.7 Å². The second kappa shape index (κ2) is 4.26. The Hall–Kier alpha value is -0.970. The largest absolute Gasteiger partial charge is 0.394 e. The van der Waals surface area contributed by atoms with Crippen LogP contribution in [0.25, 0.3) is 0 Å². The maximum Gasteiger partial charge on any atom is 0.123 e. The lowest BCUT2D eigenvalue weighted by molar-refractivity contribution is -0.00344. The van der Waals surface area contributed by atoms with Crippen LogP contribution in [0.3, 0.4) is 0 Å². The van der Waals surface area contributed by atoms with E-state index in [1.54, 1.807) is 12.1 Å². The van der Waals surface area contributed by atoms with Gasteiger partial charge in [-0.25, -0.2) is 4.39 Å². The molecule has 82 valence electrons. The quantitative estimate of drug-likeness (QED) is 0.754. The lowest BCUT2D eigenvalue weighted by atomic mass is 9.90. The number of aliphatic hydroxyl groups excluding tert-OH is 1. The zero-order valence-corrected chi connectivity index (χ0v) is 8.37. The Balaban J connectivity index is 2.32. The van der Waals surface area contributed by atoms with Crippen molar-refractivity contribution in [3.63, 3.8) is 0 Å². The van der Waals surface area contributed by atoms with Gasteiger partial charge in [0.05, 0.1) is 25.4 Å². The normalized spacial score (nSPS) is 26.5. The van der Waals surface area contributed by atoms with E-state index in [0.29, 0.717) is 19.8 Å². The van der Waals surface area contributed by atoms with Gasteiger partial charge in [0, 0.05) is 6.54 Å². The molecule has 1 aromatic carbocycles. The van der Waals surface area contributed by atoms with Gasteiger partial charge >= 0.3 is 0 Å². The van der Waals surface area contributed by atoms with Crippen LogP contribution in [-0.2, 0) is 10.3 Å². The molecule has 0 saturated carbocycles. The van der Waals surface area contributed by atoms with Crippen molar-refractivity contribution >= 4 is 0 Å². The third kappa shape index (κ3) is 2.02. The van der Waals surface area contributed by atoms with Crippen molar-refractivity contribution in [1.82, 2.24) is 5.32 Å². The van der Waals surface area contributed by atoms with Gasteiger partial charge in [-0.15, -0.1) is 0 Å². The van der Waals surface area contributed by atoms with Gasteiger partial charge in [-0.1, -0.05) is 12.1 Å². The molecule has 2 N–H and O–H groups in total. The minimum Gasteiger partial charge on any atom is -0.394 e. The number of ether oxygens (including phenoxy) is 1. The minimum atomic E-state index is -0.652. The first-order chi connectivity index (χ1) is 7.27. The molecule has 1 unspecified atom stereocenters. The molecule has 0 amide bonds. The molecule has 15 heavy (non-hydrogen) atoms. The summed E-state index contributed by atoms with van der Waals surface area (Å²) in [6.45, 7) is 1.55. The molecule has 3 nitrogen and oxygen atoms in total. The predicted molar refractivity (Wildman–Crippen MR) is 54.0 cm³/mol. The van der Waals surface area contributed by atoms with Crippen LogP contribution < -0.4 is 5.32 Å². The van der Waals surface area contributed by atoms with E-state index in [-0.39, 0.29) is 12.4 Å². The zero-order valence-electron chi connectivity index (χ0n) is 8.37. The Morgan fingerprint density at radius 1 is 1.53 bits per heavy atom. The third-order valence-electron chi connectivity index (χ3n) is 2.71. The fourth-order valence-electron chi connectivity index (χ4n) is 1.82. The van der Waals surface area contributed by atoms with Crippen molar-refractivity contribution in [2.24, 2.45) is 0 Å². The highest BCUT2D eigenvalue weighted by Crippen LogP contribution is 2.23. The Kier molecular flexibility index (Phi) is 3.00. The van der Waals surface area contributed by atoms with Crippen LogP contribution in [0.1, 0.15) is 5.56 Å². The summed E-state index contributed by atoms with van der Waals surface area (Å²) in [5.41, 5.74) is 0.0741. The van der Waals surface area contributed by atoms with Gasteiger partial charge < -0.3 is 15.2 Å². The number of rotatable bonds is 2. The van der Waals surface area contributed by atoms with Gasteiger partial charge in [0.1, 0.15) is 5.82 Å². The first-order valence-corrected chi connectivity index (χ1v) is 4.96. The second-order valence-electron chi connectivity index (χ2n) is 3.73. The predicted octanol–water partition coefficient (Wildman–Crippen LogP) is 0.633. The maximum absolute atomic E-state index is 13.1. The van der Waals surface area contributed by atoms with E-state index >= 15 is 0 Å². The Bertz CT molecular complexity index is 337. The molecule has 1 aliphatic rings. The fraction of sp³-hybridized carbons (Fsp3) is 0.455. The molecule has 0 aliphatic carbocycles. The molecule has 0 radical (unpaired) electrons. The van der Waals surface area contributed by atoms with E-state index in [0.717, 1.165) is 5.56 Å². The first kappa shape index (κ1) is 10.5. The number of nitrogens with one attached hydrogen (secondary N) is 1. The molecule has 2 rings (SSSR count). The molecular weight excluding hydrogens is 197 g/mol. The van der Waals surface area contributed by atoms with Crippen LogP contribution in [0.5, 0.6) is 0 Å². The summed E-state index contributed by atoms with van der Waals surface area (Å²) in [5, 5.41) is 12.6. The summed E-state index contributed by atoms with van der Waals surface area (Å²) in [7, 11) is 0. The average Bonchev–Trinajstić information content (AvgIpc) is 2.30. The summed E-state index contributed by atoms with van der Waals surface area (Å²) in [5.74, 6) is -0.298. The van der Waals surface area contributed by atoms with E-state index < -0.39 is 5.54 Å². The summed E-state index contributed by atoms with van der Waals surface area (Å²) in [6, 6.07) is 6.25. The zero-order chi connectivity index (χ0) is 10.7. The lowest BCUT2D eigenvalue weighted by Crippen LogP contribution is -2.54. The molecule has 4 heteroatoms. The topological polar surface area (TPSA) is 41.5 Å². The molecular formula is C11H14FNO2. The van der Waals surface area contributed by atoms with E-state index in [1.165, 1.54) is 12.1 Å². The standard InChI is InChI=1S/C11H14FNO2/c12-10-3-1-2-9(6-10)11(7-14)8-15-5-4-13-11/h1-3,6,13-14H,4-5,7-8H2. The molecule has 0 aromatic heterocycles. The SMILES string of the molecule is OCC1(c2cccc(F)c2)COCCN1. The number of benzene rings is 1. The Labute approximate surface area is 87.9 Å². The smallest absolute Gasteiger partial charge is 0.123 e. The van der Waals surface area contributed by atoms with Crippen LogP contribution in [0.2, 0.25) is 0 Å². The maximum atomic E-state index is 13.1. The van der Waals surface area contributed by atoms with Gasteiger partial charge in [-0.2, -0.15) is 0 Å². The molecule has 1 fully saturated rings. The lowest BCUT2D eigenvalue weighted by Gasteiger charge is -2.37. The van der Waals surface area contributed by atoms with Gasteiger partial charge in [-0.3, -0.25) is 0 Å². The van der Waals surface area contributed by atoms with Crippen LogP contribution in [-0.4, -0.2) is 31.5 Å². The van der Waals surface area contributed by atoms with Gasteiger partial charge in [0.25, 0.3) is 0 Å². The minimum absolute atomic E-state index is 0.101. The fourth-order valence-corrected chi connectivity index (χ4v) is 1.82. The van der Waals surface area contributed by atoms with Gasteiger partial charge in [0.2, 0.25) is 0 Å². The molecule has 1 saturated heterocycles. The van der Waals surface area contributed by atoms with Crippen molar-refractivity contribution in [3.8, 4) is 0 Å². The Morgan fingerprint density at radius 3 is 3.00 bits per heavy atom. The number of hydrogen-bond donors (Lipinski definition) is 2. The van der Waals surface area contributed by atoms with Crippen molar-refractivity contribution in [2.45, 2.75) is 5.54 Å². The molecule has 1 aliphatic heterocycles. The van der Waals surface area contributed by atoms with E-state index in [2.05, 4.69) is 5.32 Å². The van der Waals surface area contributed by atoms with E-state index in [9.17, 15) is 9.50 Å². The molecule has 1 aromatic rings. The molecule has 1 atom stereocenters. The molecule has 1 heterocycles. The van der Waals surface area contributed by atoms with Crippen LogP contribution in [0, 0.1) is 5.82 Å². The van der Waals surface area contributed by atoms with Crippen LogP contribution in [0.15, 0.2) is 24.3 Å². The van der Waals surface area contributed by atoms with E-state index in [4.69, 9.17) is 4.74 Å². The number of hydrogen-bond acceptors (Lipinski definition) is 3. The highest BCUT2D eigenvalue weighted by molar-refractivity contribution is 5.26. The number of morpholine rings is 1. The van der Waals surface area contributed by atoms with Crippen molar-refractivity contribution < 1.29 is 14.2 Å². The summed E-state index contributed by atoms with van der Waals surface area (Å²) in [4.78, 5) is 0. The Morgan fingerprint density at radius 2 is 2.40 bits per heavy atom. The average molecular weight is 211 g/mol. The molecule has 0 spiro atoms.